The molecule has 1 heterocycles. The van der Waals surface area contributed by atoms with Gasteiger partial charge in [0.05, 0.1) is 13.5 Å². The van der Waals surface area contributed by atoms with E-state index in [1.807, 2.05) is 25.1 Å². The second-order valence-corrected chi connectivity index (χ2v) is 5.49. The molecule has 0 saturated heterocycles. The van der Waals surface area contributed by atoms with Gasteiger partial charge in [-0.15, -0.1) is 0 Å². The molecule has 0 spiro atoms. The highest BCUT2D eigenvalue weighted by atomic mass is 16.5. The maximum Gasteiger partial charge on any atom is 0.309 e. The molecule has 1 aromatic rings. The van der Waals surface area contributed by atoms with E-state index in [9.17, 15) is 4.79 Å². The summed E-state index contributed by atoms with van der Waals surface area (Å²) in [4.78, 5) is 11.2. The van der Waals surface area contributed by atoms with Crippen LogP contribution in [0.25, 0.3) is 0 Å². The Kier molecular flexibility index (Phi) is 3.69. The van der Waals surface area contributed by atoms with Gasteiger partial charge in [0, 0.05) is 12.0 Å². The van der Waals surface area contributed by atoms with Crippen molar-refractivity contribution in [3.8, 4) is 11.5 Å². The Hall–Kier alpha value is -1.71. The van der Waals surface area contributed by atoms with E-state index in [1.165, 1.54) is 7.11 Å². The molecule has 1 aliphatic rings. The summed E-state index contributed by atoms with van der Waals surface area (Å²) in [7, 11) is 1.38. The van der Waals surface area contributed by atoms with Crippen LogP contribution in [0.4, 0.5) is 0 Å². The van der Waals surface area contributed by atoms with E-state index in [0.717, 1.165) is 17.7 Å². The first kappa shape index (κ1) is 13.7. The Bertz CT molecular complexity index is 479. The number of carbonyl (C=O) groups is 1. The maximum atomic E-state index is 11.2. The molecule has 1 aliphatic heterocycles. The first-order valence-corrected chi connectivity index (χ1v) is 6.45. The topological polar surface area (TPSA) is 44.8 Å². The number of benzene rings is 1. The smallest absolute Gasteiger partial charge is 0.309 e. The highest BCUT2D eigenvalue weighted by Crippen LogP contribution is 2.42. The van der Waals surface area contributed by atoms with Gasteiger partial charge >= 0.3 is 5.97 Å². The number of esters is 1. The van der Waals surface area contributed by atoms with Crippen LogP contribution in [0.3, 0.4) is 0 Å². The van der Waals surface area contributed by atoms with Crippen LogP contribution in [0.5, 0.6) is 11.5 Å². The highest BCUT2D eigenvalue weighted by Gasteiger charge is 2.32. The van der Waals surface area contributed by atoms with Crippen molar-refractivity contribution in [1.82, 2.24) is 0 Å². The van der Waals surface area contributed by atoms with E-state index >= 15 is 0 Å². The largest absolute Gasteiger partial charge is 0.486 e. The summed E-state index contributed by atoms with van der Waals surface area (Å²) in [5, 5.41) is 0. The first-order valence-electron chi connectivity index (χ1n) is 6.45. The summed E-state index contributed by atoms with van der Waals surface area (Å²) in [6.45, 7) is 5.94. The van der Waals surface area contributed by atoms with Crippen LogP contribution in [0, 0.1) is 0 Å². The molecule has 0 radical (unpaired) electrons. The number of ether oxygens (including phenoxy) is 3. The Morgan fingerprint density at radius 2 is 2.21 bits per heavy atom. The van der Waals surface area contributed by atoms with Gasteiger partial charge in [0.1, 0.15) is 11.7 Å². The summed E-state index contributed by atoms with van der Waals surface area (Å²) in [5.74, 6) is 1.21. The molecular formula is C15H20O4. The predicted molar refractivity (Wildman–Crippen MR) is 71.6 cm³/mol. The third kappa shape index (κ3) is 3.19. The molecule has 0 bridgehead atoms. The SMILES string of the molecule is COC(=O)CC(C)Oc1cccc2c1OC(C)(C)C2. The van der Waals surface area contributed by atoms with E-state index in [0.29, 0.717) is 5.75 Å². The molecule has 2 rings (SSSR count). The second-order valence-electron chi connectivity index (χ2n) is 5.49. The van der Waals surface area contributed by atoms with Crippen LogP contribution in [-0.4, -0.2) is 24.8 Å². The van der Waals surface area contributed by atoms with Gasteiger partial charge in [0.2, 0.25) is 0 Å². The highest BCUT2D eigenvalue weighted by molar-refractivity contribution is 5.69. The van der Waals surface area contributed by atoms with E-state index in [-0.39, 0.29) is 24.1 Å². The number of fused-ring (bicyclic) bond motifs is 1. The Morgan fingerprint density at radius 1 is 1.47 bits per heavy atom. The van der Waals surface area contributed by atoms with Crippen LogP contribution in [-0.2, 0) is 16.0 Å². The Labute approximate surface area is 113 Å². The summed E-state index contributed by atoms with van der Waals surface area (Å²) in [6.07, 6.45) is 0.848. The third-order valence-electron chi connectivity index (χ3n) is 3.06. The molecule has 0 aliphatic carbocycles. The summed E-state index contributed by atoms with van der Waals surface area (Å²) < 4.78 is 16.3. The van der Waals surface area contributed by atoms with Crippen molar-refractivity contribution in [3.63, 3.8) is 0 Å². The fourth-order valence-corrected chi connectivity index (χ4v) is 2.26. The molecule has 104 valence electrons. The zero-order valence-corrected chi connectivity index (χ0v) is 11.9. The quantitative estimate of drug-likeness (QED) is 0.784. The van der Waals surface area contributed by atoms with Gasteiger partial charge in [-0.2, -0.15) is 0 Å². The van der Waals surface area contributed by atoms with Gasteiger partial charge in [0.25, 0.3) is 0 Å². The minimum atomic E-state index is -0.277. The first-order chi connectivity index (χ1) is 8.91. The number of methoxy groups -OCH3 is 1. The van der Waals surface area contributed by atoms with Crippen molar-refractivity contribution in [2.45, 2.75) is 45.3 Å². The zero-order chi connectivity index (χ0) is 14.0. The molecule has 0 saturated carbocycles. The lowest BCUT2D eigenvalue weighted by Gasteiger charge is -2.19. The molecule has 0 amide bonds. The molecule has 0 N–H and O–H groups in total. The van der Waals surface area contributed by atoms with E-state index < -0.39 is 0 Å². The third-order valence-corrected chi connectivity index (χ3v) is 3.06. The molecule has 0 aromatic heterocycles. The lowest BCUT2D eigenvalue weighted by atomic mass is 10.0. The van der Waals surface area contributed by atoms with Crippen molar-refractivity contribution >= 4 is 5.97 Å². The van der Waals surface area contributed by atoms with Crippen molar-refractivity contribution < 1.29 is 19.0 Å². The molecule has 1 unspecified atom stereocenters. The predicted octanol–water partition coefficient (Wildman–Crippen LogP) is 2.73. The van der Waals surface area contributed by atoms with Crippen LogP contribution < -0.4 is 9.47 Å². The lowest BCUT2D eigenvalue weighted by Crippen LogP contribution is -2.25. The van der Waals surface area contributed by atoms with Gasteiger partial charge in [-0.3, -0.25) is 4.79 Å². The van der Waals surface area contributed by atoms with Crippen LogP contribution in [0.15, 0.2) is 18.2 Å². The van der Waals surface area contributed by atoms with Gasteiger partial charge < -0.3 is 14.2 Å². The number of hydrogen-bond donors (Lipinski definition) is 0. The van der Waals surface area contributed by atoms with Crippen molar-refractivity contribution in [2.24, 2.45) is 0 Å². The maximum absolute atomic E-state index is 11.2. The molecular weight excluding hydrogens is 244 g/mol. The zero-order valence-electron chi connectivity index (χ0n) is 11.9. The molecule has 1 atom stereocenters. The average Bonchev–Trinajstić information content (AvgIpc) is 2.64. The fraction of sp³-hybridized carbons (Fsp3) is 0.533. The van der Waals surface area contributed by atoms with Crippen LogP contribution in [0.1, 0.15) is 32.8 Å². The van der Waals surface area contributed by atoms with Crippen molar-refractivity contribution in [3.05, 3.63) is 23.8 Å². The van der Waals surface area contributed by atoms with E-state index in [2.05, 4.69) is 18.6 Å². The number of hydrogen-bond acceptors (Lipinski definition) is 4. The van der Waals surface area contributed by atoms with Gasteiger partial charge in [0.15, 0.2) is 11.5 Å². The minimum absolute atomic E-state index is 0.201. The molecule has 0 fully saturated rings. The average molecular weight is 264 g/mol. The van der Waals surface area contributed by atoms with Gasteiger partial charge in [-0.05, 0) is 26.8 Å². The minimum Gasteiger partial charge on any atom is -0.486 e. The Morgan fingerprint density at radius 3 is 2.89 bits per heavy atom. The van der Waals surface area contributed by atoms with E-state index in [1.54, 1.807) is 0 Å². The molecule has 4 nitrogen and oxygen atoms in total. The van der Waals surface area contributed by atoms with Crippen molar-refractivity contribution in [2.75, 3.05) is 7.11 Å². The van der Waals surface area contributed by atoms with E-state index in [4.69, 9.17) is 9.47 Å². The molecule has 19 heavy (non-hydrogen) atoms. The normalized spacial score (nSPS) is 17.3. The van der Waals surface area contributed by atoms with Gasteiger partial charge in [-0.25, -0.2) is 0 Å². The number of rotatable bonds is 4. The monoisotopic (exact) mass is 264 g/mol. The molecule has 1 aromatic carbocycles. The number of para-hydroxylation sites is 1. The lowest BCUT2D eigenvalue weighted by molar-refractivity contribution is -0.142. The van der Waals surface area contributed by atoms with Gasteiger partial charge in [-0.1, -0.05) is 12.1 Å². The summed E-state index contributed by atoms with van der Waals surface area (Å²) in [5.41, 5.74) is 0.945. The van der Waals surface area contributed by atoms with Crippen LogP contribution in [0.2, 0.25) is 0 Å². The fourth-order valence-electron chi connectivity index (χ4n) is 2.26. The summed E-state index contributed by atoms with van der Waals surface area (Å²) in [6, 6.07) is 5.86. The Balaban J connectivity index is 2.11. The number of carbonyl (C=O) groups excluding carboxylic acids is 1. The second kappa shape index (κ2) is 5.11. The standard InChI is InChI=1S/C15H20O4/c1-10(8-13(16)17-4)18-12-7-5-6-11-9-15(2,3)19-14(11)12/h5-7,10H,8-9H2,1-4H3. The van der Waals surface area contributed by atoms with Crippen molar-refractivity contribution in [1.29, 1.82) is 0 Å². The van der Waals surface area contributed by atoms with Crippen LogP contribution >= 0.6 is 0 Å². The summed E-state index contributed by atoms with van der Waals surface area (Å²) >= 11 is 0. The molecule has 4 heteroatoms.